The van der Waals surface area contributed by atoms with Gasteiger partial charge in [0.05, 0.1) is 13.2 Å². The maximum Gasteiger partial charge on any atom is 0.306 e. The molecule has 0 aliphatic rings. The Hall–Kier alpha value is -2.17. The van der Waals surface area contributed by atoms with Crippen LogP contribution in [0, 0.1) is 0 Å². The second-order valence-corrected chi connectivity index (χ2v) is 16.2. The lowest BCUT2D eigenvalue weighted by molar-refractivity contribution is -0.154. The fourth-order valence-electron chi connectivity index (χ4n) is 6.88. The van der Waals surface area contributed by atoms with Crippen molar-refractivity contribution in [3.63, 3.8) is 0 Å². The molecule has 0 rings (SSSR count). The molecule has 0 saturated heterocycles. The number of rotatable bonds is 45. The zero-order valence-corrected chi connectivity index (χ0v) is 37.8. The van der Waals surface area contributed by atoms with Crippen LogP contribution in [0.5, 0.6) is 0 Å². The topological polar surface area (TPSA) is 55.8 Å². The summed E-state index contributed by atoms with van der Waals surface area (Å²) in [6, 6.07) is 0. The zero-order chi connectivity index (χ0) is 41.2. The van der Waals surface area contributed by atoms with Crippen LogP contribution >= 0.6 is 0 Å². The molecule has 0 aromatic rings. The predicted octanol–water partition coefficient (Wildman–Crippen LogP) is 16.5. The van der Waals surface area contributed by atoms with Crippen molar-refractivity contribution in [2.75, 3.05) is 19.8 Å². The molecule has 0 radical (unpaired) electrons. The smallest absolute Gasteiger partial charge is 0.306 e. The van der Waals surface area contributed by atoms with E-state index in [-0.39, 0.29) is 19.2 Å². The Balaban J connectivity index is 3.46. The van der Waals surface area contributed by atoms with Gasteiger partial charge in [0.15, 0.2) is 0 Å². The number of unbranched alkanes of at least 4 members (excludes halogenated alkanes) is 25. The van der Waals surface area contributed by atoms with E-state index in [1.807, 2.05) is 0 Å². The van der Waals surface area contributed by atoms with Gasteiger partial charge in [-0.15, -0.1) is 0 Å². The van der Waals surface area contributed by atoms with Gasteiger partial charge in [0.25, 0.3) is 0 Å². The highest BCUT2D eigenvalue weighted by Crippen LogP contribution is 2.15. The quantitative estimate of drug-likeness (QED) is 0.0379. The average molecular weight is 795 g/mol. The summed E-state index contributed by atoms with van der Waals surface area (Å²) in [5, 5.41) is 9.64. The number of hydrogen-bond donors (Lipinski definition) is 1. The van der Waals surface area contributed by atoms with Gasteiger partial charge in [-0.25, -0.2) is 0 Å². The van der Waals surface area contributed by atoms with Crippen molar-refractivity contribution < 1.29 is 19.4 Å². The second kappa shape index (κ2) is 50.0. The summed E-state index contributed by atoms with van der Waals surface area (Å²) < 4.78 is 11.2. The minimum Gasteiger partial charge on any atom is -0.457 e. The van der Waals surface area contributed by atoms with Gasteiger partial charge in [-0.05, 0) is 83.5 Å². The predicted molar refractivity (Wildman–Crippen MR) is 251 cm³/mol. The summed E-state index contributed by atoms with van der Waals surface area (Å²) in [7, 11) is 0. The Morgan fingerprint density at radius 3 is 1.21 bits per heavy atom. The van der Waals surface area contributed by atoms with Crippen molar-refractivity contribution in [1.29, 1.82) is 0 Å². The van der Waals surface area contributed by atoms with Gasteiger partial charge in [0, 0.05) is 13.0 Å². The molecule has 0 bridgehead atoms. The third-order valence-corrected chi connectivity index (χ3v) is 10.5. The van der Waals surface area contributed by atoms with Gasteiger partial charge in [0.2, 0.25) is 0 Å². The molecule has 1 unspecified atom stereocenters. The molecule has 0 fully saturated rings. The number of carbonyl (C=O) groups excluding carboxylic acids is 1. The molecule has 1 atom stereocenters. The molecular weight excluding hydrogens is 701 g/mol. The highest BCUT2D eigenvalue weighted by Gasteiger charge is 2.13. The molecule has 4 heteroatoms. The van der Waals surface area contributed by atoms with Crippen LogP contribution in [0.4, 0.5) is 0 Å². The van der Waals surface area contributed by atoms with E-state index in [1.165, 1.54) is 148 Å². The molecule has 0 heterocycles. The summed E-state index contributed by atoms with van der Waals surface area (Å²) in [6.45, 7) is 5.19. The van der Waals surface area contributed by atoms with Gasteiger partial charge < -0.3 is 14.6 Å². The van der Waals surface area contributed by atoms with Crippen LogP contribution in [-0.4, -0.2) is 37.0 Å². The molecule has 0 amide bonds. The van der Waals surface area contributed by atoms with Crippen LogP contribution in [0.15, 0.2) is 72.9 Å². The minimum atomic E-state index is -0.552. The van der Waals surface area contributed by atoms with Crippen LogP contribution in [0.1, 0.15) is 232 Å². The first-order valence-corrected chi connectivity index (χ1v) is 24.5. The largest absolute Gasteiger partial charge is 0.457 e. The molecule has 0 saturated carbocycles. The van der Waals surface area contributed by atoms with Crippen LogP contribution in [0.2, 0.25) is 0 Å². The van der Waals surface area contributed by atoms with Crippen LogP contribution in [0.25, 0.3) is 0 Å². The summed E-state index contributed by atoms with van der Waals surface area (Å²) >= 11 is 0. The van der Waals surface area contributed by atoms with Crippen molar-refractivity contribution in [2.45, 2.75) is 238 Å². The molecule has 0 aromatic heterocycles. The van der Waals surface area contributed by atoms with Crippen LogP contribution < -0.4 is 0 Å². The number of esters is 1. The van der Waals surface area contributed by atoms with E-state index >= 15 is 0 Å². The monoisotopic (exact) mass is 795 g/mol. The number of carbonyl (C=O) groups is 1. The number of ether oxygens (including phenoxy) is 2. The molecule has 57 heavy (non-hydrogen) atoms. The van der Waals surface area contributed by atoms with E-state index in [0.29, 0.717) is 13.0 Å². The summed E-state index contributed by atoms with van der Waals surface area (Å²) in [4.78, 5) is 12.3. The van der Waals surface area contributed by atoms with Crippen molar-refractivity contribution in [1.82, 2.24) is 0 Å². The fraction of sp³-hybridized carbons (Fsp3) is 0.755. The fourth-order valence-corrected chi connectivity index (χ4v) is 6.88. The average Bonchev–Trinajstić information content (AvgIpc) is 3.22. The van der Waals surface area contributed by atoms with E-state index in [9.17, 15) is 9.90 Å². The molecule has 0 aliphatic heterocycles. The van der Waals surface area contributed by atoms with Gasteiger partial charge in [0.1, 0.15) is 6.10 Å². The maximum atomic E-state index is 12.3. The SMILES string of the molecule is CC/C=C\C/C=C\C/C=C\C/C=C\C/C=C\CCCCCCOCC(CO)OC(=O)CCCCCCCCCCCCCCC/C=C\CCCCCCCCCC. The first-order chi connectivity index (χ1) is 28.2. The molecule has 0 aliphatic carbocycles. The Labute approximate surface area is 355 Å². The van der Waals surface area contributed by atoms with Gasteiger partial charge >= 0.3 is 5.97 Å². The lowest BCUT2D eigenvalue weighted by atomic mass is 10.0. The van der Waals surface area contributed by atoms with Crippen molar-refractivity contribution in [3.05, 3.63) is 72.9 Å². The van der Waals surface area contributed by atoms with Crippen LogP contribution in [-0.2, 0) is 14.3 Å². The van der Waals surface area contributed by atoms with Gasteiger partial charge in [-0.3, -0.25) is 4.79 Å². The molecule has 0 spiro atoms. The zero-order valence-electron chi connectivity index (χ0n) is 37.8. The standard InChI is InChI=1S/C53H94O4/c1-3-5-7-9-11-13-15-17-19-21-23-25-26-27-28-29-30-32-34-36-38-40-42-44-46-48-53(55)57-52(50-54)51-56-49-47-45-43-41-39-37-35-33-31-24-22-20-18-16-14-12-10-8-6-4-2/h6,8,12,14,18,20-21,23-24,31,35,37,52,54H,3-5,7,9-11,13,15-17,19,22,25-30,32-34,36,38-51H2,1-2H3/b8-6-,14-12-,20-18-,23-21-,31-24-,37-35-. The number of allylic oxidation sites excluding steroid dienone is 12. The second-order valence-electron chi connectivity index (χ2n) is 16.2. The summed E-state index contributed by atoms with van der Waals surface area (Å²) in [6.07, 6.45) is 68.4. The van der Waals surface area contributed by atoms with E-state index in [2.05, 4.69) is 86.8 Å². The normalized spacial score (nSPS) is 13.0. The van der Waals surface area contributed by atoms with E-state index in [1.54, 1.807) is 0 Å². The van der Waals surface area contributed by atoms with Crippen molar-refractivity contribution in [3.8, 4) is 0 Å². The lowest BCUT2D eigenvalue weighted by Gasteiger charge is -2.15. The molecule has 1 N–H and O–H groups in total. The lowest BCUT2D eigenvalue weighted by Crippen LogP contribution is -2.27. The highest BCUT2D eigenvalue weighted by atomic mass is 16.6. The van der Waals surface area contributed by atoms with E-state index in [0.717, 1.165) is 64.2 Å². The number of hydrogen-bond acceptors (Lipinski definition) is 4. The Kier molecular flexibility index (Phi) is 48.1. The first-order valence-electron chi connectivity index (χ1n) is 24.5. The maximum absolute atomic E-state index is 12.3. The molecule has 4 nitrogen and oxygen atoms in total. The Bertz CT molecular complexity index is 973. The Morgan fingerprint density at radius 2 is 0.789 bits per heavy atom. The number of aliphatic hydroxyl groups excluding tert-OH is 1. The third kappa shape index (κ3) is 48.1. The van der Waals surface area contributed by atoms with E-state index in [4.69, 9.17) is 9.47 Å². The first kappa shape index (κ1) is 54.8. The van der Waals surface area contributed by atoms with E-state index < -0.39 is 6.10 Å². The molecular formula is C53H94O4. The minimum absolute atomic E-state index is 0.184. The van der Waals surface area contributed by atoms with Crippen molar-refractivity contribution in [2.24, 2.45) is 0 Å². The highest BCUT2D eigenvalue weighted by molar-refractivity contribution is 5.69. The number of aliphatic hydroxyl groups is 1. The van der Waals surface area contributed by atoms with Gasteiger partial charge in [-0.2, -0.15) is 0 Å². The summed E-state index contributed by atoms with van der Waals surface area (Å²) in [5.74, 6) is -0.210. The molecule has 0 aromatic carbocycles. The Morgan fingerprint density at radius 1 is 0.439 bits per heavy atom. The molecule has 330 valence electrons. The van der Waals surface area contributed by atoms with Crippen LogP contribution in [0.3, 0.4) is 0 Å². The summed E-state index contributed by atoms with van der Waals surface area (Å²) in [5.41, 5.74) is 0. The van der Waals surface area contributed by atoms with Gasteiger partial charge in [-0.1, -0.05) is 215 Å². The van der Waals surface area contributed by atoms with Crippen molar-refractivity contribution >= 4 is 5.97 Å². The third-order valence-electron chi connectivity index (χ3n) is 10.5.